The van der Waals surface area contributed by atoms with Gasteiger partial charge in [-0.15, -0.1) is 0 Å². The molecule has 0 bridgehead atoms. The summed E-state index contributed by atoms with van der Waals surface area (Å²) >= 11 is 3.38. The monoisotopic (exact) mass is 353 g/mol. The Morgan fingerprint density at radius 2 is 2.05 bits per heavy atom. The molecule has 5 nitrogen and oxygen atoms in total. The number of halogens is 1. The van der Waals surface area contributed by atoms with E-state index in [4.69, 9.17) is 0 Å². The van der Waals surface area contributed by atoms with Crippen LogP contribution in [0, 0.1) is 5.92 Å². The molecule has 114 valence electrons. The van der Waals surface area contributed by atoms with Crippen LogP contribution in [0.5, 0.6) is 0 Å². The van der Waals surface area contributed by atoms with Crippen LogP contribution in [0.1, 0.15) is 33.3 Å². The van der Waals surface area contributed by atoms with Crippen LogP contribution in [-0.4, -0.2) is 33.3 Å². The minimum atomic E-state index is -0.873. The van der Waals surface area contributed by atoms with Gasteiger partial charge in [0.2, 0.25) is 11.8 Å². The van der Waals surface area contributed by atoms with Crippen molar-refractivity contribution in [3.05, 3.63) is 28.5 Å². The molecule has 0 radical (unpaired) electrons. The summed E-state index contributed by atoms with van der Waals surface area (Å²) in [6.45, 7) is 7.74. The van der Waals surface area contributed by atoms with Crippen LogP contribution in [0.4, 0.5) is 0 Å². The molecule has 1 aromatic heterocycles. The van der Waals surface area contributed by atoms with Gasteiger partial charge in [-0.2, -0.15) is 0 Å². The van der Waals surface area contributed by atoms with Crippen LogP contribution in [0.3, 0.4) is 0 Å². The molecular formula is C15H20BrN3O2. The highest BCUT2D eigenvalue weighted by atomic mass is 79.9. The minimum absolute atomic E-state index is 0.0464. The third-order valence-electron chi connectivity index (χ3n) is 3.58. The number of pyridine rings is 1. The number of rotatable bonds is 3. The number of nitrogens with zero attached hydrogens (tertiary/aromatic N) is 2. The molecule has 21 heavy (non-hydrogen) atoms. The lowest BCUT2D eigenvalue weighted by Crippen LogP contribution is -2.68. The fourth-order valence-corrected chi connectivity index (χ4v) is 3.05. The van der Waals surface area contributed by atoms with Crippen LogP contribution in [0.2, 0.25) is 0 Å². The summed E-state index contributed by atoms with van der Waals surface area (Å²) in [6, 6.07) is 1.46. The van der Waals surface area contributed by atoms with Gasteiger partial charge in [0.15, 0.2) is 0 Å². The quantitative estimate of drug-likeness (QED) is 0.904. The Kier molecular flexibility index (Phi) is 4.37. The van der Waals surface area contributed by atoms with Gasteiger partial charge in [0.25, 0.3) is 0 Å². The normalized spacial score (nSPS) is 21.6. The van der Waals surface area contributed by atoms with E-state index in [0.29, 0.717) is 6.54 Å². The van der Waals surface area contributed by atoms with Crippen molar-refractivity contribution in [2.75, 3.05) is 0 Å². The second-order valence-electron chi connectivity index (χ2n) is 6.25. The number of carbonyl (C=O) groups is 2. The third-order valence-corrected chi connectivity index (χ3v) is 4.02. The predicted octanol–water partition coefficient (Wildman–Crippen LogP) is 2.11. The highest BCUT2D eigenvalue weighted by Crippen LogP contribution is 2.25. The molecule has 1 fully saturated rings. The maximum absolute atomic E-state index is 12.7. The molecule has 0 aromatic carbocycles. The van der Waals surface area contributed by atoms with E-state index in [-0.39, 0.29) is 17.7 Å². The first-order chi connectivity index (χ1) is 9.72. The maximum Gasteiger partial charge on any atom is 0.248 e. The van der Waals surface area contributed by atoms with Gasteiger partial charge in [-0.25, -0.2) is 0 Å². The van der Waals surface area contributed by atoms with Crippen molar-refractivity contribution >= 4 is 27.7 Å². The summed E-state index contributed by atoms with van der Waals surface area (Å²) in [5.41, 5.74) is 0.0240. The van der Waals surface area contributed by atoms with Gasteiger partial charge >= 0.3 is 0 Å². The molecule has 0 spiro atoms. The first kappa shape index (κ1) is 15.9. The van der Waals surface area contributed by atoms with E-state index < -0.39 is 11.6 Å². The van der Waals surface area contributed by atoms with Crippen LogP contribution in [-0.2, 0) is 16.1 Å². The zero-order valence-electron chi connectivity index (χ0n) is 12.7. The summed E-state index contributed by atoms with van der Waals surface area (Å²) in [5.74, 6) is -0.122. The number of nitrogens with one attached hydrogen (secondary N) is 1. The van der Waals surface area contributed by atoms with Crippen molar-refractivity contribution < 1.29 is 9.59 Å². The Bertz CT molecular complexity index is 572. The second kappa shape index (κ2) is 5.75. The molecule has 1 aliphatic heterocycles. The predicted molar refractivity (Wildman–Crippen MR) is 83.3 cm³/mol. The number of hydrogen-bond acceptors (Lipinski definition) is 3. The van der Waals surface area contributed by atoms with Gasteiger partial charge in [-0.1, -0.05) is 13.8 Å². The molecule has 0 saturated carbocycles. The summed E-state index contributed by atoms with van der Waals surface area (Å²) in [5, 5.41) is 2.81. The largest absolute Gasteiger partial charge is 0.340 e. The van der Waals surface area contributed by atoms with Gasteiger partial charge in [0.1, 0.15) is 11.6 Å². The molecule has 2 heterocycles. The van der Waals surface area contributed by atoms with Crippen LogP contribution in [0.15, 0.2) is 22.9 Å². The Morgan fingerprint density at radius 3 is 2.62 bits per heavy atom. The average Bonchev–Trinajstić information content (AvgIpc) is 2.34. The summed E-state index contributed by atoms with van der Waals surface area (Å²) in [6.07, 6.45) is 3.41. The van der Waals surface area contributed by atoms with E-state index in [1.165, 1.54) is 0 Å². The van der Waals surface area contributed by atoms with Gasteiger partial charge in [-0.3, -0.25) is 14.6 Å². The molecule has 2 amide bonds. The maximum atomic E-state index is 12.7. The van der Waals surface area contributed by atoms with Crippen molar-refractivity contribution in [2.24, 2.45) is 5.92 Å². The van der Waals surface area contributed by atoms with E-state index in [9.17, 15) is 9.59 Å². The standard InChI is InChI=1S/C15H20BrN3O2/c1-9(2)12-13(20)18-15(3,4)14(21)19(12)8-10-5-11(16)7-17-6-10/h5-7,9,12H,8H2,1-4H3,(H,18,20). The van der Waals surface area contributed by atoms with Crippen LogP contribution >= 0.6 is 15.9 Å². The van der Waals surface area contributed by atoms with Crippen molar-refractivity contribution in [1.29, 1.82) is 0 Å². The fraction of sp³-hybridized carbons (Fsp3) is 0.533. The van der Waals surface area contributed by atoms with Crippen LogP contribution in [0.25, 0.3) is 0 Å². The highest BCUT2D eigenvalue weighted by Gasteiger charge is 2.46. The molecular weight excluding hydrogens is 334 g/mol. The SMILES string of the molecule is CC(C)C1C(=O)NC(C)(C)C(=O)N1Cc1cncc(Br)c1. The Labute approximate surface area is 133 Å². The third kappa shape index (κ3) is 3.26. The van der Waals surface area contributed by atoms with Crippen molar-refractivity contribution in [3.63, 3.8) is 0 Å². The number of piperazine rings is 1. The molecule has 2 rings (SSSR count). The van der Waals surface area contributed by atoms with Crippen LogP contribution < -0.4 is 5.32 Å². The Hall–Kier alpha value is -1.43. The lowest BCUT2D eigenvalue weighted by atomic mass is 9.91. The topological polar surface area (TPSA) is 62.3 Å². The molecule has 1 unspecified atom stereocenters. The zero-order chi connectivity index (χ0) is 15.8. The first-order valence-electron chi connectivity index (χ1n) is 6.95. The van der Waals surface area contributed by atoms with E-state index >= 15 is 0 Å². The Balaban J connectivity index is 2.35. The molecule has 6 heteroatoms. The Morgan fingerprint density at radius 1 is 1.38 bits per heavy atom. The molecule has 1 aliphatic rings. The van der Waals surface area contributed by atoms with Gasteiger partial charge in [0.05, 0.1) is 0 Å². The molecule has 1 N–H and O–H groups in total. The molecule has 0 aliphatic carbocycles. The fourth-order valence-electron chi connectivity index (χ4n) is 2.63. The van der Waals surface area contributed by atoms with E-state index in [1.807, 2.05) is 19.9 Å². The first-order valence-corrected chi connectivity index (χ1v) is 7.74. The number of carbonyl (C=O) groups excluding carboxylic acids is 2. The minimum Gasteiger partial charge on any atom is -0.340 e. The van der Waals surface area contributed by atoms with E-state index in [0.717, 1.165) is 10.0 Å². The van der Waals surface area contributed by atoms with Crippen molar-refractivity contribution in [3.8, 4) is 0 Å². The summed E-state index contributed by atoms with van der Waals surface area (Å²) in [4.78, 5) is 30.8. The number of amides is 2. The lowest BCUT2D eigenvalue weighted by molar-refractivity contribution is -0.156. The molecule has 1 atom stereocenters. The van der Waals surface area contributed by atoms with Crippen molar-refractivity contribution in [2.45, 2.75) is 45.8 Å². The number of aromatic nitrogens is 1. The smallest absolute Gasteiger partial charge is 0.248 e. The summed E-state index contributed by atoms with van der Waals surface area (Å²) < 4.78 is 0.856. The highest BCUT2D eigenvalue weighted by molar-refractivity contribution is 9.10. The lowest BCUT2D eigenvalue weighted by Gasteiger charge is -2.44. The number of hydrogen-bond donors (Lipinski definition) is 1. The summed E-state index contributed by atoms with van der Waals surface area (Å²) in [7, 11) is 0. The van der Waals surface area contributed by atoms with Crippen molar-refractivity contribution in [1.82, 2.24) is 15.2 Å². The van der Waals surface area contributed by atoms with Gasteiger partial charge < -0.3 is 10.2 Å². The van der Waals surface area contributed by atoms with E-state index in [2.05, 4.69) is 26.2 Å². The second-order valence-corrected chi connectivity index (χ2v) is 7.16. The molecule has 1 aromatic rings. The average molecular weight is 354 g/mol. The van der Waals surface area contributed by atoms with Gasteiger partial charge in [0, 0.05) is 23.4 Å². The zero-order valence-corrected chi connectivity index (χ0v) is 14.3. The van der Waals surface area contributed by atoms with Gasteiger partial charge in [-0.05, 0) is 47.3 Å². The molecule has 1 saturated heterocycles. The van der Waals surface area contributed by atoms with E-state index in [1.54, 1.807) is 31.1 Å².